The van der Waals surface area contributed by atoms with Gasteiger partial charge in [0.25, 0.3) is 15.9 Å². The van der Waals surface area contributed by atoms with Crippen molar-refractivity contribution in [3.8, 4) is 0 Å². The molecular weight excluding hydrogens is 519 g/mol. The van der Waals surface area contributed by atoms with Gasteiger partial charge in [0, 0.05) is 36.1 Å². The summed E-state index contributed by atoms with van der Waals surface area (Å²) in [5.74, 6) is -0.848. The van der Waals surface area contributed by atoms with Crippen molar-refractivity contribution in [3.63, 3.8) is 0 Å². The summed E-state index contributed by atoms with van der Waals surface area (Å²) in [6, 6.07) is 18.3. The Bertz CT molecular complexity index is 1620. The SMILES string of the molecule is O=C(CC1CNC(=O)c2cc3cc(NS(=O)(=O)c4ccccc4Cl)ccc3n21)NCc1ccc(F)cc1. The van der Waals surface area contributed by atoms with Crippen LogP contribution in [0.25, 0.3) is 10.9 Å². The standard InChI is InChI=1S/C26H22ClFN4O4S/c27-21-3-1-2-4-24(21)37(35,36)31-19-9-10-22-17(11-19)12-23-26(34)30-15-20(32(22)23)13-25(33)29-14-16-5-7-18(28)8-6-16/h1-12,20,31H,13-15H2,(H,29,33)(H,30,34). The molecule has 2 heterocycles. The predicted octanol–water partition coefficient (Wildman–Crippen LogP) is 4.23. The Morgan fingerprint density at radius 3 is 2.59 bits per heavy atom. The second-order valence-corrected chi connectivity index (χ2v) is 10.7. The lowest BCUT2D eigenvalue weighted by Crippen LogP contribution is -2.40. The summed E-state index contributed by atoms with van der Waals surface area (Å²) in [6.07, 6.45) is 0.110. The molecule has 1 aromatic heterocycles. The first-order valence-electron chi connectivity index (χ1n) is 11.4. The van der Waals surface area contributed by atoms with Crippen LogP contribution in [0.2, 0.25) is 5.02 Å². The van der Waals surface area contributed by atoms with Crippen molar-refractivity contribution in [3.05, 3.63) is 94.9 Å². The van der Waals surface area contributed by atoms with Crippen molar-refractivity contribution in [1.82, 2.24) is 15.2 Å². The number of nitrogens with zero attached hydrogens (tertiary/aromatic N) is 1. The Morgan fingerprint density at radius 2 is 1.84 bits per heavy atom. The fourth-order valence-corrected chi connectivity index (χ4v) is 5.96. The maximum absolute atomic E-state index is 13.1. The number of halogens is 2. The molecule has 0 saturated heterocycles. The van der Waals surface area contributed by atoms with Crippen molar-refractivity contribution in [2.24, 2.45) is 0 Å². The van der Waals surface area contributed by atoms with E-state index in [-0.39, 0.29) is 53.1 Å². The van der Waals surface area contributed by atoms with Crippen LogP contribution in [0.1, 0.15) is 28.5 Å². The number of rotatable bonds is 7. The van der Waals surface area contributed by atoms with Crippen LogP contribution >= 0.6 is 11.6 Å². The molecule has 0 bridgehead atoms. The minimum atomic E-state index is -3.93. The summed E-state index contributed by atoms with van der Waals surface area (Å²) in [5.41, 5.74) is 2.15. The normalized spacial score (nSPS) is 15.2. The third-order valence-electron chi connectivity index (χ3n) is 6.14. The molecule has 4 aromatic rings. The van der Waals surface area contributed by atoms with E-state index in [1.165, 1.54) is 24.3 Å². The lowest BCUT2D eigenvalue weighted by molar-refractivity contribution is -0.122. The molecule has 190 valence electrons. The van der Waals surface area contributed by atoms with E-state index in [0.717, 1.165) is 5.56 Å². The number of carbonyl (C=O) groups excluding carboxylic acids is 2. The first-order valence-corrected chi connectivity index (χ1v) is 13.3. The van der Waals surface area contributed by atoms with E-state index in [4.69, 9.17) is 11.6 Å². The third kappa shape index (κ3) is 5.16. The summed E-state index contributed by atoms with van der Waals surface area (Å²) in [4.78, 5) is 25.2. The van der Waals surface area contributed by atoms with Gasteiger partial charge in [-0.05, 0) is 54.1 Å². The number of hydrogen-bond acceptors (Lipinski definition) is 4. The molecule has 8 nitrogen and oxygen atoms in total. The quantitative estimate of drug-likeness (QED) is 0.326. The lowest BCUT2D eigenvalue weighted by atomic mass is 10.1. The monoisotopic (exact) mass is 540 g/mol. The van der Waals surface area contributed by atoms with Gasteiger partial charge in [0.2, 0.25) is 5.91 Å². The average Bonchev–Trinajstić information content (AvgIpc) is 3.25. The molecule has 1 aliphatic heterocycles. The minimum absolute atomic E-state index is 0.0426. The number of nitrogens with one attached hydrogen (secondary N) is 3. The number of hydrogen-bond donors (Lipinski definition) is 3. The summed E-state index contributed by atoms with van der Waals surface area (Å²) in [7, 11) is -3.93. The fourth-order valence-electron chi connectivity index (χ4n) is 4.39. The first kappa shape index (κ1) is 24.8. The van der Waals surface area contributed by atoms with Crippen molar-refractivity contribution < 1.29 is 22.4 Å². The number of benzene rings is 3. The van der Waals surface area contributed by atoms with Crippen molar-refractivity contribution >= 4 is 50.0 Å². The van der Waals surface area contributed by atoms with Crippen LogP contribution < -0.4 is 15.4 Å². The molecule has 1 unspecified atom stereocenters. The highest BCUT2D eigenvalue weighted by atomic mass is 35.5. The highest BCUT2D eigenvalue weighted by molar-refractivity contribution is 7.92. The molecule has 1 atom stereocenters. The topological polar surface area (TPSA) is 109 Å². The minimum Gasteiger partial charge on any atom is -0.352 e. The van der Waals surface area contributed by atoms with Crippen LogP contribution in [0, 0.1) is 5.82 Å². The molecule has 1 aliphatic rings. The highest BCUT2D eigenvalue weighted by Gasteiger charge is 2.29. The molecule has 0 aliphatic carbocycles. The van der Waals surface area contributed by atoms with Gasteiger partial charge in [0.1, 0.15) is 16.4 Å². The zero-order chi connectivity index (χ0) is 26.2. The lowest BCUT2D eigenvalue weighted by Gasteiger charge is -2.27. The van der Waals surface area contributed by atoms with Gasteiger partial charge in [-0.25, -0.2) is 12.8 Å². The molecule has 3 N–H and O–H groups in total. The first-order chi connectivity index (χ1) is 17.7. The molecule has 0 radical (unpaired) electrons. The van der Waals surface area contributed by atoms with Gasteiger partial charge in [0.05, 0.1) is 11.1 Å². The number of aromatic nitrogens is 1. The molecule has 0 saturated carbocycles. The number of anilines is 1. The Labute approximate surface area is 217 Å². The van der Waals surface area contributed by atoms with Crippen molar-refractivity contribution in [1.29, 1.82) is 0 Å². The molecular formula is C26H22ClFN4O4S. The van der Waals surface area contributed by atoms with E-state index >= 15 is 0 Å². The van der Waals surface area contributed by atoms with Crippen LogP contribution in [-0.2, 0) is 21.4 Å². The van der Waals surface area contributed by atoms with E-state index in [9.17, 15) is 22.4 Å². The number of sulfonamides is 1. The Balaban J connectivity index is 1.37. The van der Waals surface area contributed by atoms with Gasteiger partial charge in [-0.1, -0.05) is 35.9 Å². The summed E-state index contributed by atoms with van der Waals surface area (Å²) in [5, 5.41) is 6.38. The summed E-state index contributed by atoms with van der Waals surface area (Å²) in [6.45, 7) is 0.521. The molecule has 0 fully saturated rings. The maximum Gasteiger partial charge on any atom is 0.268 e. The fraction of sp³-hybridized carbons (Fsp3) is 0.154. The van der Waals surface area contributed by atoms with Crippen LogP contribution in [0.4, 0.5) is 10.1 Å². The number of carbonyl (C=O) groups is 2. The van der Waals surface area contributed by atoms with Crippen LogP contribution in [0.15, 0.2) is 77.7 Å². The molecule has 3 aromatic carbocycles. The number of fused-ring (bicyclic) bond motifs is 3. The van der Waals surface area contributed by atoms with Gasteiger partial charge in [-0.2, -0.15) is 0 Å². The van der Waals surface area contributed by atoms with E-state index in [0.29, 0.717) is 22.3 Å². The number of amides is 2. The van der Waals surface area contributed by atoms with Crippen LogP contribution in [0.5, 0.6) is 0 Å². The van der Waals surface area contributed by atoms with E-state index < -0.39 is 10.0 Å². The Hall–Kier alpha value is -3.89. The van der Waals surface area contributed by atoms with E-state index in [2.05, 4.69) is 15.4 Å². The highest BCUT2D eigenvalue weighted by Crippen LogP contribution is 2.31. The van der Waals surface area contributed by atoms with Crippen molar-refractivity contribution in [2.45, 2.75) is 23.9 Å². The van der Waals surface area contributed by atoms with Crippen molar-refractivity contribution in [2.75, 3.05) is 11.3 Å². The second kappa shape index (κ2) is 9.87. The molecule has 2 amide bonds. The molecule has 37 heavy (non-hydrogen) atoms. The zero-order valence-electron chi connectivity index (χ0n) is 19.4. The van der Waals surface area contributed by atoms with E-state index in [1.807, 2.05) is 0 Å². The third-order valence-corrected chi connectivity index (χ3v) is 8.02. The Kier molecular flexibility index (Phi) is 6.61. The summed E-state index contributed by atoms with van der Waals surface area (Å²) < 4.78 is 43.1. The van der Waals surface area contributed by atoms with Crippen LogP contribution in [0.3, 0.4) is 0 Å². The maximum atomic E-state index is 13.1. The summed E-state index contributed by atoms with van der Waals surface area (Å²) >= 11 is 6.06. The average molecular weight is 541 g/mol. The van der Waals surface area contributed by atoms with Gasteiger partial charge in [0.15, 0.2) is 0 Å². The zero-order valence-corrected chi connectivity index (χ0v) is 20.9. The second-order valence-electron chi connectivity index (χ2n) is 8.68. The molecule has 11 heteroatoms. The van der Waals surface area contributed by atoms with E-state index in [1.54, 1.807) is 53.1 Å². The van der Waals surface area contributed by atoms with Gasteiger partial charge < -0.3 is 15.2 Å². The predicted molar refractivity (Wildman–Crippen MR) is 138 cm³/mol. The van der Waals surface area contributed by atoms with Gasteiger partial charge >= 0.3 is 0 Å². The van der Waals surface area contributed by atoms with Gasteiger partial charge in [-0.15, -0.1) is 0 Å². The largest absolute Gasteiger partial charge is 0.352 e. The smallest absolute Gasteiger partial charge is 0.268 e. The van der Waals surface area contributed by atoms with Gasteiger partial charge in [-0.3, -0.25) is 14.3 Å². The molecule has 5 rings (SSSR count). The Morgan fingerprint density at radius 1 is 1.08 bits per heavy atom. The van der Waals surface area contributed by atoms with Crippen LogP contribution in [-0.4, -0.2) is 31.3 Å². The molecule has 0 spiro atoms.